The molecule has 5 heteroatoms. The van der Waals surface area contributed by atoms with E-state index in [4.69, 9.17) is 5.73 Å². The van der Waals surface area contributed by atoms with E-state index < -0.39 is 0 Å². The van der Waals surface area contributed by atoms with Crippen molar-refractivity contribution in [2.75, 3.05) is 6.54 Å². The molecule has 0 aromatic heterocycles. The van der Waals surface area contributed by atoms with Gasteiger partial charge in [0.2, 0.25) is 5.91 Å². The Kier molecular flexibility index (Phi) is 4.90. The predicted molar refractivity (Wildman–Crippen MR) is 88.2 cm³/mol. The van der Waals surface area contributed by atoms with Crippen molar-refractivity contribution in [3.05, 3.63) is 71.3 Å². The minimum absolute atomic E-state index is 0.260. The molecule has 0 aliphatic carbocycles. The van der Waals surface area contributed by atoms with Crippen LogP contribution in [0.5, 0.6) is 0 Å². The number of amides is 1. The maximum Gasteiger partial charge on any atom is 0.234 e. The van der Waals surface area contributed by atoms with Gasteiger partial charge in [-0.2, -0.15) is 0 Å². The van der Waals surface area contributed by atoms with Gasteiger partial charge in [0.05, 0.1) is 12.1 Å². The van der Waals surface area contributed by atoms with Crippen molar-refractivity contribution in [2.24, 2.45) is 5.73 Å². The molecule has 2 aromatic rings. The molecule has 2 aromatic carbocycles. The number of nitrogens with two attached hydrogens (primary N) is 1. The molecule has 1 amide bonds. The van der Waals surface area contributed by atoms with Crippen LogP contribution in [0.1, 0.15) is 36.4 Å². The van der Waals surface area contributed by atoms with E-state index in [9.17, 15) is 13.6 Å². The Labute approximate surface area is 140 Å². The third-order valence-electron chi connectivity index (χ3n) is 4.58. The van der Waals surface area contributed by atoms with Gasteiger partial charge in [-0.25, -0.2) is 8.78 Å². The summed E-state index contributed by atoms with van der Waals surface area (Å²) in [5.41, 5.74) is 7.31. The Morgan fingerprint density at radius 2 is 1.46 bits per heavy atom. The fourth-order valence-corrected chi connectivity index (χ4v) is 3.43. The molecule has 1 aliphatic rings. The molecular weight excluding hydrogens is 310 g/mol. The second kappa shape index (κ2) is 7.09. The maximum atomic E-state index is 13.3. The highest BCUT2D eigenvalue weighted by molar-refractivity contribution is 5.80. The van der Waals surface area contributed by atoms with Crippen LogP contribution in [0.25, 0.3) is 0 Å². The minimum atomic E-state index is -0.376. The summed E-state index contributed by atoms with van der Waals surface area (Å²) in [5, 5.41) is 0. The summed E-state index contributed by atoms with van der Waals surface area (Å²) in [6.45, 7) is 0.715. The zero-order valence-electron chi connectivity index (χ0n) is 13.3. The molecule has 1 unspecified atom stereocenters. The zero-order chi connectivity index (χ0) is 17.1. The largest absolute Gasteiger partial charge is 0.368 e. The number of rotatable bonds is 4. The summed E-state index contributed by atoms with van der Waals surface area (Å²) in [6, 6.07) is 11.8. The highest BCUT2D eigenvalue weighted by Gasteiger charge is 2.34. The molecule has 0 saturated carbocycles. The Morgan fingerprint density at radius 1 is 0.958 bits per heavy atom. The molecule has 126 valence electrons. The third kappa shape index (κ3) is 3.46. The van der Waals surface area contributed by atoms with Crippen molar-refractivity contribution in [2.45, 2.75) is 31.3 Å². The second-order valence-corrected chi connectivity index (χ2v) is 6.16. The van der Waals surface area contributed by atoms with Crippen molar-refractivity contribution in [3.63, 3.8) is 0 Å². The number of carbonyl (C=O) groups excluding carboxylic acids is 1. The Hall–Kier alpha value is -2.27. The first-order valence-electron chi connectivity index (χ1n) is 8.12. The first kappa shape index (κ1) is 16.6. The summed E-state index contributed by atoms with van der Waals surface area (Å²) in [7, 11) is 0. The number of primary amides is 1. The molecule has 1 aliphatic heterocycles. The molecule has 0 spiro atoms. The van der Waals surface area contributed by atoms with E-state index in [0.29, 0.717) is 13.0 Å². The number of hydrogen-bond donors (Lipinski definition) is 1. The molecule has 0 bridgehead atoms. The van der Waals surface area contributed by atoms with Crippen molar-refractivity contribution in [1.82, 2.24) is 4.90 Å². The maximum absolute atomic E-state index is 13.3. The van der Waals surface area contributed by atoms with Gasteiger partial charge in [-0.15, -0.1) is 0 Å². The van der Waals surface area contributed by atoms with Crippen LogP contribution in [0.3, 0.4) is 0 Å². The molecule has 1 heterocycles. The lowest BCUT2D eigenvalue weighted by molar-refractivity contribution is -0.125. The molecular formula is C19H20F2N2O. The SMILES string of the molecule is NC(=O)C1CCCCN1C(c1ccc(F)cc1)c1ccc(F)cc1. The van der Waals surface area contributed by atoms with Crippen LogP contribution in [0.2, 0.25) is 0 Å². The number of halogens is 2. The molecule has 0 radical (unpaired) electrons. The van der Waals surface area contributed by atoms with E-state index in [1.807, 2.05) is 4.90 Å². The summed E-state index contributed by atoms with van der Waals surface area (Å²) < 4.78 is 26.6. The summed E-state index contributed by atoms with van der Waals surface area (Å²) >= 11 is 0. The normalized spacial score (nSPS) is 18.7. The molecule has 1 fully saturated rings. The number of nitrogens with zero attached hydrogens (tertiary/aromatic N) is 1. The molecule has 2 N–H and O–H groups in total. The smallest absolute Gasteiger partial charge is 0.234 e. The van der Waals surface area contributed by atoms with Crippen LogP contribution in [0.15, 0.2) is 48.5 Å². The van der Waals surface area contributed by atoms with Crippen molar-refractivity contribution in [1.29, 1.82) is 0 Å². The second-order valence-electron chi connectivity index (χ2n) is 6.16. The van der Waals surface area contributed by atoms with Gasteiger partial charge in [0.15, 0.2) is 0 Å². The van der Waals surface area contributed by atoms with Crippen molar-refractivity contribution < 1.29 is 13.6 Å². The standard InChI is InChI=1S/C19H20F2N2O/c20-15-8-4-13(5-9-15)18(14-6-10-16(21)11-7-14)23-12-2-1-3-17(23)19(22)24/h4-11,17-18H,1-3,12H2,(H2,22,24). The molecule has 3 nitrogen and oxygen atoms in total. The van der Waals surface area contributed by atoms with E-state index >= 15 is 0 Å². The van der Waals surface area contributed by atoms with Crippen LogP contribution in [-0.2, 0) is 4.79 Å². The van der Waals surface area contributed by atoms with Crippen LogP contribution in [-0.4, -0.2) is 23.4 Å². The fourth-order valence-electron chi connectivity index (χ4n) is 3.43. The first-order valence-corrected chi connectivity index (χ1v) is 8.12. The van der Waals surface area contributed by atoms with Gasteiger partial charge in [0.1, 0.15) is 11.6 Å². The van der Waals surface area contributed by atoms with Gasteiger partial charge in [-0.05, 0) is 54.8 Å². The van der Waals surface area contributed by atoms with E-state index in [2.05, 4.69) is 0 Å². The van der Waals surface area contributed by atoms with E-state index in [1.165, 1.54) is 24.3 Å². The Morgan fingerprint density at radius 3 is 1.92 bits per heavy atom. The summed E-state index contributed by atoms with van der Waals surface area (Å²) in [4.78, 5) is 13.9. The fraction of sp³-hybridized carbons (Fsp3) is 0.316. The van der Waals surface area contributed by atoms with Crippen LogP contribution < -0.4 is 5.73 Å². The molecule has 3 rings (SSSR count). The third-order valence-corrected chi connectivity index (χ3v) is 4.58. The number of hydrogen-bond acceptors (Lipinski definition) is 2. The number of carbonyl (C=O) groups is 1. The zero-order valence-corrected chi connectivity index (χ0v) is 13.3. The highest BCUT2D eigenvalue weighted by atomic mass is 19.1. The van der Waals surface area contributed by atoms with Crippen LogP contribution in [0, 0.1) is 11.6 Å². The summed E-state index contributed by atoms with van der Waals surface area (Å²) in [6.07, 6.45) is 2.61. The van der Waals surface area contributed by atoms with E-state index in [1.54, 1.807) is 24.3 Å². The van der Waals surface area contributed by atoms with Crippen molar-refractivity contribution >= 4 is 5.91 Å². The average molecular weight is 330 g/mol. The van der Waals surface area contributed by atoms with E-state index in [0.717, 1.165) is 24.0 Å². The molecule has 24 heavy (non-hydrogen) atoms. The Bertz CT molecular complexity index is 655. The topological polar surface area (TPSA) is 46.3 Å². The van der Waals surface area contributed by atoms with Crippen LogP contribution >= 0.6 is 0 Å². The lowest BCUT2D eigenvalue weighted by atomic mass is 9.91. The van der Waals surface area contributed by atoms with Crippen LogP contribution in [0.4, 0.5) is 8.78 Å². The minimum Gasteiger partial charge on any atom is -0.368 e. The first-order chi connectivity index (χ1) is 11.6. The average Bonchev–Trinajstić information content (AvgIpc) is 2.59. The summed E-state index contributed by atoms with van der Waals surface area (Å²) in [5.74, 6) is -0.993. The lowest BCUT2D eigenvalue weighted by Gasteiger charge is -2.40. The van der Waals surface area contributed by atoms with Gasteiger partial charge in [0.25, 0.3) is 0 Å². The van der Waals surface area contributed by atoms with E-state index in [-0.39, 0.29) is 29.6 Å². The van der Waals surface area contributed by atoms with Crippen molar-refractivity contribution in [3.8, 4) is 0 Å². The highest BCUT2D eigenvalue weighted by Crippen LogP contribution is 2.34. The van der Waals surface area contributed by atoms with Gasteiger partial charge in [0, 0.05) is 0 Å². The molecule has 1 atom stereocenters. The Balaban J connectivity index is 2.05. The van der Waals surface area contributed by atoms with Gasteiger partial charge < -0.3 is 5.73 Å². The predicted octanol–water partition coefficient (Wildman–Crippen LogP) is 3.39. The molecule has 1 saturated heterocycles. The quantitative estimate of drug-likeness (QED) is 0.934. The van der Waals surface area contributed by atoms with Gasteiger partial charge in [-0.3, -0.25) is 9.69 Å². The number of benzene rings is 2. The number of likely N-dealkylation sites (tertiary alicyclic amines) is 1. The monoisotopic (exact) mass is 330 g/mol. The number of piperidine rings is 1. The van der Waals surface area contributed by atoms with Gasteiger partial charge >= 0.3 is 0 Å². The lowest BCUT2D eigenvalue weighted by Crippen LogP contribution is -2.49. The van der Waals surface area contributed by atoms with Gasteiger partial charge in [-0.1, -0.05) is 30.7 Å².